The highest BCUT2D eigenvalue weighted by atomic mass is 16.5. The topological polar surface area (TPSA) is 59.6 Å². The Bertz CT molecular complexity index is 859. The van der Waals surface area contributed by atoms with Crippen molar-refractivity contribution in [3.8, 4) is 11.5 Å². The highest BCUT2D eigenvalue weighted by molar-refractivity contribution is 5.91. The summed E-state index contributed by atoms with van der Waals surface area (Å²) in [5, 5.41) is 6.35. The molecule has 1 aliphatic carbocycles. The van der Waals surface area contributed by atoms with Gasteiger partial charge in [-0.15, -0.1) is 0 Å². The molecule has 0 atom stereocenters. The summed E-state index contributed by atoms with van der Waals surface area (Å²) in [5.74, 6) is 1.05. The monoisotopic (exact) mass is 408 g/mol. The van der Waals surface area contributed by atoms with E-state index >= 15 is 0 Å². The lowest BCUT2D eigenvalue weighted by molar-refractivity contribution is -0.118. The summed E-state index contributed by atoms with van der Waals surface area (Å²) in [7, 11) is 1.61. The van der Waals surface area contributed by atoms with Crippen LogP contribution >= 0.6 is 0 Å². The number of anilines is 1. The molecule has 3 rings (SSSR count). The van der Waals surface area contributed by atoms with Crippen LogP contribution in [0.3, 0.4) is 0 Å². The van der Waals surface area contributed by atoms with Crippen LogP contribution < -0.4 is 20.1 Å². The Morgan fingerprint density at radius 3 is 2.67 bits per heavy atom. The molecule has 0 spiro atoms. The van der Waals surface area contributed by atoms with Crippen LogP contribution in [0.15, 0.2) is 54.1 Å². The number of nitrogens with one attached hydrogen (secondary N) is 2. The number of rotatable bonds is 10. The third-order valence-electron chi connectivity index (χ3n) is 5.29. The second-order valence-electron chi connectivity index (χ2n) is 7.69. The third-order valence-corrected chi connectivity index (χ3v) is 5.29. The normalized spacial score (nSPS) is 13.5. The van der Waals surface area contributed by atoms with E-state index in [1.807, 2.05) is 49.4 Å². The van der Waals surface area contributed by atoms with Crippen molar-refractivity contribution in [2.45, 2.75) is 45.6 Å². The standard InChI is InChI=1S/C25H32N2O3/c1-19-11-13-22(14-12-19)27-24(28)18-30-25-21(9-6-10-23(25)29-2)17-26-16-15-20-7-4-3-5-8-20/h6-7,9-14,26H,3-5,8,15-18H2,1-2H3,(H,27,28). The maximum atomic E-state index is 12.3. The van der Waals surface area contributed by atoms with Gasteiger partial charge in [0.1, 0.15) is 0 Å². The summed E-state index contributed by atoms with van der Waals surface area (Å²) in [5.41, 5.74) is 4.45. The lowest BCUT2D eigenvalue weighted by atomic mass is 9.97. The summed E-state index contributed by atoms with van der Waals surface area (Å²) < 4.78 is 11.3. The fraction of sp³-hybridized carbons (Fsp3) is 0.400. The molecular formula is C25H32N2O3. The van der Waals surface area contributed by atoms with E-state index in [9.17, 15) is 4.79 Å². The van der Waals surface area contributed by atoms with Crippen LogP contribution in [-0.4, -0.2) is 26.2 Å². The molecule has 5 nitrogen and oxygen atoms in total. The van der Waals surface area contributed by atoms with Gasteiger partial charge in [-0.1, -0.05) is 41.5 Å². The van der Waals surface area contributed by atoms with E-state index in [1.165, 1.54) is 25.7 Å². The molecule has 1 amide bonds. The number of carbonyl (C=O) groups is 1. The quantitative estimate of drug-likeness (QED) is 0.429. The van der Waals surface area contributed by atoms with Crippen molar-refractivity contribution in [3.63, 3.8) is 0 Å². The first kappa shape index (κ1) is 21.9. The first-order valence-electron chi connectivity index (χ1n) is 10.7. The Morgan fingerprint density at radius 1 is 1.10 bits per heavy atom. The van der Waals surface area contributed by atoms with Gasteiger partial charge < -0.3 is 20.1 Å². The van der Waals surface area contributed by atoms with Crippen molar-refractivity contribution in [3.05, 3.63) is 65.2 Å². The van der Waals surface area contributed by atoms with Gasteiger partial charge in [0.15, 0.2) is 18.1 Å². The predicted octanol–water partition coefficient (Wildman–Crippen LogP) is 5.00. The van der Waals surface area contributed by atoms with Crippen molar-refractivity contribution in [1.29, 1.82) is 0 Å². The first-order chi connectivity index (χ1) is 14.7. The average Bonchev–Trinajstić information content (AvgIpc) is 2.77. The lowest BCUT2D eigenvalue weighted by Gasteiger charge is -2.16. The molecule has 0 saturated carbocycles. The van der Waals surface area contributed by atoms with Crippen LogP contribution in [0.5, 0.6) is 11.5 Å². The molecule has 0 heterocycles. The molecule has 2 N–H and O–H groups in total. The maximum absolute atomic E-state index is 12.3. The second kappa shape index (κ2) is 11.4. The van der Waals surface area contributed by atoms with Crippen molar-refractivity contribution in [2.75, 3.05) is 25.6 Å². The van der Waals surface area contributed by atoms with E-state index in [4.69, 9.17) is 9.47 Å². The van der Waals surface area contributed by atoms with Crippen molar-refractivity contribution in [2.24, 2.45) is 0 Å². The molecule has 1 aliphatic rings. The zero-order valence-electron chi connectivity index (χ0n) is 18.0. The first-order valence-corrected chi connectivity index (χ1v) is 10.7. The lowest BCUT2D eigenvalue weighted by Crippen LogP contribution is -2.21. The molecule has 0 saturated heterocycles. The molecule has 0 bridgehead atoms. The van der Waals surface area contributed by atoms with Crippen LogP contribution in [0.4, 0.5) is 5.69 Å². The number of aryl methyl sites for hydroxylation is 1. The largest absolute Gasteiger partial charge is 0.493 e. The number of methoxy groups -OCH3 is 1. The molecule has 0 radical (unpaired) electrons. The van der Waals surface area contributed by atoms with E-state index in [0.717, 1.165) is 29.8 Å². The molecule has 0 aliphatic heterocycles. The van der Waals surface area contributed by atoms with Crippen LogP contribution in [0.25, 0.3) is 0 Å². The molecular weight excluding hydrogens is 376 g/mol. The summed E-state index contributed by atoms with van der Waals surface area (Å²) >= 11 is 0. The predicted molar refractivity (Wildman–Crippen MR) is 121 cm³/mol. The fourth-order valence-corrected chi connectivity index (χ4v) is 3.60. The summed E-state index contributed by atoms with van der Waals surface area (Å²) in [6.07, 6.45) is 8.54. The smallest absolute Gasteiger partial charge is 0.262 e. The molecule has 0 unspecified atom stereocenters. The zero-order valence-corrected chi connectivity index (χ0v) is 18.0. The third kappa shape index (κ3) is 6.63. The Kier molecular flexibility index (Phi) is 8.33. The van der Waals surface area contributed by atoms with Crippen LogP contribution in [0.1, 0.15) is 43.2 Å². The minimum absolute atomic E-state index is 0.0753. The van der Waals surface area contributed by atoms with Gasteiger partial charge in [-0.3, -0.25) is 4.79 Å². The Balaban J connectivity index is 1.54. The van der Waals surface area contributed by atoms with Crippen molar-refractivity contribution >= 4 is 11.6 Å². The Hall–Kier alpha value is -2.79. The van der Waals surface area contributed by atoms with E-state index in [0.29, 0.717) is 18.0 Å². The number of ether oxygens (including phenoxy) is 2. The van der Waals surface area contributed by atoms with Crippen LogP contribution in [-0.2, 0) is 11.3 Å². The highest BCUT2D eigenvalue weighted by Gasteiger charge is 2.13. The summed E-state index contributed by atoms with van der Waals surface area (Å²) in [6, 6.07) is 13.5. The maximum Gasteiger partial charge on any atom is 0.262 e. The number of hydrogen-bond acceptors (Lipinski definition) is 4. The Labute approximate surface area is 179 Å². The number of hydrogen-bond donors (Lipinski definition) is 2. The van der Waals surface area contributed by atoms with E-state index < -0.39 is 0 Å². The molecule has 30 heavy (non-hydrogen) atoms. The number of para-hydroxylation sites is 1. The minimum atomic E-state index is -0.201. The molecule has 0 aromatic heterocycles. The van der Waals surface area contributed by atoms with Gasteiger partial charge in [-0.25, -0.2) is 0 Å². The van der Waals surface area contributed by atoms with Gasteiger partial charge in [-0.2, -0.15) is 0 Å². The van der Waals surface area contributed by atoms with Crippen LogP contribution in [0.2, 0.25) is 0 Å². The van der Waals surface area contributed by atoms with Gasteiger partial charge in [0.05, 0.1) is 7.11 Å². The van der Waals surface area contributed by atoms with Crippen molar-refractivity contribution in [1.82, 2.24) is 5.32 Å². The number of benzene rings is 2. The summed E-state index contributed by atoms with van der Waals surface area (Å²) in [4.78, 5) is 12.3. The summed E-state index contributed by atoms with van der Waals surface area (Å²) in [6.45, 7) is 3.53. The fourth-order valence-electron chi connectivity index (χ4n) is 3.60. The van der Waals surface area contributed by atoms with E-state index in [2.05, 4.69) is 16.7 Å². The molecule has 2 aromatic rings. The SMILES string of the molecule is COc1cccc(CNCCC2=CCCCC2)c1OCC(=O)Nc1ccc(C)cc1. The highest BCUT2D eigenvalue weighted by Crippen LogP contribution is 2.31. The van der Waals surface area contributed by atoms with Gasteiger partial charge in [-0.05, 0) is 63.8 Å². The van der Waals surface area contributed by atoms with E-state index in [-0.39, 0.29) is 12.5 Å². The second-order valence-corrected chi connectivity index (χ2v) is 7.69. The van der Waals surface area contributed by atoms with Gasteiger partial charge >= 0.3 is 0 Å². The molecule has 160 valence electrons. The zero-order chi connectivity index (χ0) is 21.2. The number of amides is 1. The Morgan fingerprint density at radius 2 is 1.93 bits per heavy atom. The molecule has 2 aromatic carbocycles. The van der Waals surface area contributed by atoms with Crippen molar-refractivity contribution < 1.29 is 14.3 Å². The molecule has 0 fully saturated rings. The molecule has 5 heteroatoms. The van der Waals surface area contributed by atoms with E-state index in [1.54, 1.807) is 12.7 Å². The van der Waals surface area contributed by atoms with Gasteiger partial charge in [0, 0.05) is 17.8 Å². The van der Waals surface area contributed by atoms with Gasteiger partial charge in [0.25, 0.3) is 5.91 Å². The van der Waals surface area contributed by atoms with Gasteiger partial charge in [0.2, 0.25) is 0 Å². The minimum Gasteiger partial charge on any atom is -0.493 e. The number of allylic oxidation sites excluding steroid dienone is 1. The number of carbonyl (C=O) groups excluding carboxylic acids is 1. The average molecular weight is 409 g/mol. The van der Waals surface area contributed by atoms with Crippen LogP contribution in [0, 0.1) is 6.92 Å².